The zero-order valence-corrected chi connectivity index (χ0v) is 33.4. The third-order valence-corrected chi connectivity index (χ3v) is 11.7. The van der Waals surface area contributed by atoms with E-state index in [-0.39, 0.29) is 0 Å². The first kappa shape index (κ1) is 35.5. The van der Waals surface area contributed by atoms with E-state index in [4.69, 9.17) is 24.4 Å². The molecule has 0 aliphatic heterocycles. The Morgan fingerprint density at radius 1 is 0.323 bits per heavy atom. The third kappa shape index (κ3) is 6.21. The van der Waals surface area contributed by atoms with Crippen molar-refractivity contribution in [1.29, 1.82) is 0 Å². The zero-order valence-electron chi connectivity index (χ0n) is 33.4. The number of fused-ring (bicyclic) bond motifs is 6. The van der Waals surface area contributed by atoms with Crippen molar-refractivity contribution in [3.63, 3.8) is 0 Å². The SMILES string of the molecule is c1ccc(-c2cccc(-c3nc(-c4cccc(-c5cccc(-n6c7ccccc7c7ccc(-c8ccccc8)cc76)c5)c4)nc(-c4cc5c(cn4)oc4ccccc45)n3)c2)cc1. The van der Waals surface area contributed by atoms with E-state index in [2.05, 4.69) is 180 Å². The normalized spacial score (nSPS) is 11.5. The van der Waals surface area contributed by atoms with E-state index in [0.29, 0.717) is 28.8 Å². The summed E-state index contributed by atoms with van der Waals surface area (Å²) in [6.07, 6.45) is 1.76. The van der Waals surface area contributed by atoms with Crippen molar-refractivity contribution in [1.82, 2.24) is 24.5 Å². The van der Waals surface area contributed by atoms with Gasteiger partial charge >= 0.3 is 0 Å². The molecule has 4 aromatic heterocycles. The topological polar surface area (TPSA) is 69.6 Å². The first-order valence-corrected chi connectivity index (χ1v) is 20.7. The average molecular weight is 794 g/mol. The largest absolute Gasteiger partial charge is 0.454 e. The Morgan fingerprint density at radius 2 is 0.855 bits per heavy atom. The molecular formula is C56H35N5O. The fourth-order valence-electron chi connectivity index (χ4n) is 8.69. The zero-order chi connectivity index (χ0) is 41.0. The van der Waals surface area contributed by atoms with Gasteiger partial charge in [0.25, 0.3) is 0 Å². The van der Waals surface area contributed by atoms with Gasteiger partial charge in [0.2, 0.25) is 0 Å². The lowest BCUT2D eigenvalue weighted by atomic mass is 10.0. The Hall–Kier alpha value is -8.48. The van der Waals surface area contributed by atoms with Gasteiger partial charge in [-0.1, -0.05) is 158 Å². The molecule has 0 atom stereocenters. The van der Waals surface area contributed by atoms with E-state index in [1.165, 1.54) is 21.9 Å². The number of hydrogen-bond donors (Lipinski definition) is 0. The second-order valence-corrected chi connectivity index (χ2v) is 15.5. The maximum Gasteiger partial charge on any atom is 0.182 e. The summed E-state index contributed by atoms with van der Waals surface area (Å²) in [6, 6.07) is 72.0. The molecule has 0 amide bonds. The van der Waals surface area contributed by atoms with Crippen molar-refractivity contribution < 1.29 is 4.42 Å². The predicted molar refractivity (Wildman–Crippen MR) is 252 cm³/mol. The Kier molecular flexibility index (Phi) is 8.38. The Labute approximate surface area is 357 Å². The molecule has 0 bridgehead atoms. The van der Waals surface area contributed by atoms with Crippen molar-refractivity contribution in [2.24, 2.45) is 0 Å². The Bertz CT molecular complexity index is 3650. The highest BCUT2D eigenvalue weighted by Gasteiger charge is 2.18. The van der Waals surface area contributed by atoms with E-state index in [1.54, 1.807) is 6.20 Å². The molecule has 290 valence electrons. The summed E-state index contributed by atoms with van der Waals surface area (Å²) in [5.74, 6) is 1.61. The van der Waals surface area contributed by atoms with Gasteiger partial charge in [-0.25, -0.2) is 19.9 Å². The molecule has 0 saturated carbocycles. The quantitative estimate of drug-likeness (QED) is 0.161. The van der Waals surface area contributed by atoms with Crippen LogP contribution in [-0.2, 0) is 0 Å². The van der Waals surface area contributed by atoms with Crippen molar-refractivity contribution in [3.05, 3.63) is 212 Å². The molecule has 8 aromatic carbocycles. The molecule has 12 aromatic rings. The number of hydrogen-bond acceptors (Lipinski definition) is 5. The summed E-state index contributed by atoms with van der Waals surface area (Å²) in [4.78, 5) is 20.2. The molecule has 62 heavy (non-hydrogen) atoms. The number of para-hydroxylation sites is 2. The summed E-state index contributed by atoms with van der Waals surface area (Å²) >= 11 is 0. The molecule has 0 aliphatic rings. The maximum absolute atomic E-state index is 6.12. The van der Waals surface area contributed by atoms with Crippen molar-refractivity contribution in [2.45, 2.75) is 0 Å². The van der Waals surface area contributed by atoms with Crippen LogP contribution >= 0.6 is 0 Å². The molecule has 4 heterocycles. The standard InChI is InChI=1S/C56H35N5O/c1-3-14-36(15-4-1)38-18-11-21-42(30-38)54-58-55(60-56(59-54)49-34-48-47-25-8-10-27-52(47)62-53(48)35-57-49)43-22-12-19-39(31-43)40-20-13-23-44(32-40)61-50-26-9-7-24-45(50)46-29-28-41(33-51(46)61)37-16-5-2-6-17-37/h1-35H. The minimum absolute atomic E-state index is 0.482. The second kappa shape index (κ2) is 14.7. The van der Waals surface area contributed by atoms with E-state index >= 15 is 0 Å². The van der Waals surface area contributed by atoms with Crippen LogP contribution in [-0.4, -0.2) is 24.5 Å². The molecular weight excluding hydrogens is 759 g/mol. The summed E-state index contributed by atoms with van der Waals surface area (Å²) in [5.41, 5.74) is 14.0. The van der Waals surface area contributed by atoms with E-state index < -0.39 is 0 Å². The molecule has 0 radical (unpaired) electrons. The van der Waals surface area contributed by atoms with Crippen molar-refractivity contribution >= 4 is 43.7 Å². The lowest BCUT2D eigenvalue weighted by molar-refractivity contribution is 0.667. The van der Waals surface area contributed by atoms with Crippen LogP contribution in [0.4, 0.5) is 0 Å². The van der Waals surface area contributed by atoms with Crippen LogP contribution in [0.2, 0.25) is 0 Å². The highest BCUT2D eigenvalue weighted by atomic mass is 16.3. The molecule has 0 unspecified atom stereocenters. The molecule has 6 nitrogen and oxygen atoms in total. The van der Waals surface area contributed by atoms with Crippen LogP contribution in [0.5, 0.6) is 0 Å². The number of rotatable bonds is 7. The predicted octanol–water partition coefficient (Wildman–Crippen LogP) is 14.3. The smallest absolute Gasteiger partial charge is 0.182 e. The number of furan rings is 1. The van der Waals surface area contributed by atoms with Crippen LogP contribution in [0.15, 0.2) is 217 Å². The highest BCUT2D eigenvalue weighted by molar-refractivity contribution is 6.10. The molecule has 0 aliphatic carbocycles. The van der Waals surface area contributed by atoms with Crippen molar-refractivity contribution in [2.75, 3.05) is 0 Å². The van der Waals surface area contributed by atoms with Crippen LogP contribution in [0.1, 0.15) is 0 Å². The van der Waals surface area contributed by atoms with Gasteiger partial charge in [0, 0.05) is 38.4 Å². The van der Waals surface area contributed by atoms with Gasteiger partial charge in [-0.2, -0.15) is 0 Å². The molecule has 0 saturated heterocycles. The van der Waals surface area contributed by atoms with Crippen molar-refractivity contribution in [3.8, 4) is 73.4 Å². The number of pyridine rings is 1. The fraction of sp³-hybridized carbons (Fsp3) is 0. The number of benzene rings is 8. The molecule has 0 fully saturated rings. The summed E-state index contributed by atoms with van der Waals surface area (Å²) in [6.45, 7) is 0. The van der Waals surface area contributed by atoms with E-state index in [1.807, 2.05) is 30.3 Å². The summed E-state index contributed by atoms with van der Waals surface area (Å²) in [5, 5.41) is 4.42. The van der Waals surface area contributed by atoms with Gasteiger partial charge in [-0.05, 0) is 81.9 Å². The van der Waals surface area contributed by atoms with Gasteiger partial charge in [0.1, 0.15) is 11.3 Å². The van der Waals surface area contributed by atoms with Crippen LogP contribution in [0, 0.1) is 0 Å². The Morgan fingerprint density at radius 3 is 1.58 bits per heavy atom. The van der Waals surface area contributed by atoms with E-state index in [0.717, 1.165) is 66.5 Å². The number of nitrogens with zero attached hydrogens (tertiary/aromatic N) is 5. The monoisotopic (exact) mass is 793 g/mol. The highest BCUT2D eigenvalue weighted by Crippen LogP contribution is 2.37. The van der Waals surface area contributed by atoms with Gasteiger partial charge in [-0.3, -0.25) is 0 Å². The lowest BCUT2D eigenvalue weighted by Gasteiger charge is -2.12. The van der Waals surface area contributed by atoms with E-state index in [9.17, 15) is 0 Å². The first-order valence-electron chi connectivity index (χ1n) is 20.7. The first-order chi connectivity index (χ1) is 30.7. The van der Waals surface area contributed by atoms with Gasteiger partial charge < -0.3 is 8.98 Å². The number of aromatic nitrogens is 5. The summed E-state index contributed by atoms with van der Waals surface area (Å²) in [7, 11) is 0. The average Bonchev–Trinajstić information content (AvgIpc) is 3.89. The minimum atomic E-state index is 0.482. The Balaban J connectivity index is 0.988. The minimum Gasteiger partial charge on any atom is -0.454 e. The fourth-order valence-corrected chi connectivity index (χ4v) is 8.69. The van der Waals surface area contributed by atoms with Gasteiger partial charge in [0.15, 0.2) is 23.1 Å². The van der Waals surface area contributed by atoms with Gasteiger partial charge in [-0.15, -0.1) is 0 Å². The van der Waals surface area contributed by atoms with Crippen LogP contribution in [0.3, 0.4) is 0 Å². The molecule has 12 rings (SSSR count). The molecule has 0 spiro atoms. The molecule has 0 N–H and O–H groups in total. The van der Waals surface area contributed by atoms with Crippen LogP contribution in [0.25, 0.3) is 117 Å². The third-order valence-electron chi connectivity index (χ3n) is 11.7. The second-order valence-electron chi connectivity index (χ2n) is 15.5. The lowest BCUT2D eigenvalue weighted by Crippen LogP contribution is -2.01. The summed E-state index contributed by atoms with van der Waals surface area (Å²) < 4.78 is 8.50. The molecule has 6 heteroatoms. The van der Waals surface area contributed by atoms with Gasteiger partial charge in [0.05, 0.1) is 17.2 Å². The van der Waals surface area contributed by atoms with Crippen LogP contribution < -0.4 is 0 Å². The maximum atomic E-state index is 6.12.